The summed E-state index contributed by atoms with van der Waals surface area (Å²) in [5.74, 6) is -2.66. The highest BCUT2D eigenvalue weighted by Crippen LogP contribution is 2.38. The van der Waals surface area contributed by atoms with E-state index >= 15 is 0 Å². The fourth-order valence-corrected chi connectivity index (χ4v) is 6.65. The second kappa shape index (κ2) is 11.6. The Morgan fingerprint density at radius 3 is 2.74 bits per heavy atom. The average molecular weight is 607 g/mol. The summed E-state index contributed by atoms with van der Waals surface area (Å²) in [7, 11) is 1.87. The van der Waals surface area contributed by atoms with Crippen molar-refractivity contribution < 1.29 is 33.7 Å². The molecule has 0 aromatic carbocycles. The van der Waals surface area contributed by atoms with Gasteiger partial charge in [-0.15, -0.1) is 11.3 Å². The molecule has 224 valence electrons. The number of carbonyl (C=O) groups is 4. The molecule has 2 atom stereocenters. The van der Waals surface area contributed by atoms with Crippen LogP contribution in [0.1, 0.15) is 50.6 Å². The third-order valence-corrected chi connectivity index (χ3v) is 8.92. The Morgan fingerprint density at radius 1 is 1.26 bits per heavy atom. The van der Waals surface area contributed by atoms with Crippen molar-refractivity contribution in [2.45, 2.75) is 63.1 Å². The van der Waals surface area contributed by atoms with Crippen LogP contribution < -0.4 is 20.5 Å². The monoisotopic (exact) mass is 606 g/mol. The molecule has 5 heterocycles. The van der Waals surface area contributed by atoms with Crippen LogP contribution in [0.5, 0.6) is 0 Å². The summed E-state index contributed by atoms with van der Waals surface area (Å²) >= 11 is 1.15. The number of carbonyl (C=O) groups excluding carboxylic acids is 3. The number of hydrogen-bond donors (Lipinski definition) is 3. The molecule has 0 spiro atoms. The van der Waals surface area contributed by atoms with Crippen molar-refractivity contribution in [3.05, 3.63) is 58.5 Å². The molecule has 2 saturated heterocycles. The van der Waals surface area contributed by atoms with Crippen molar-refractivity contribution >= 4 is 51.6 Å². The van der Waals surface area contributed by atoms with E-state index in [1.54, 1.807) is 16.4 Å². The second-order valence-electron chi connectivity index (χ2n) is 11.1. The average Bonchev–Trinajstić information content (AvgIpc) is 3.74. The SMILES string of the molecule is C[n+]1cccc(N2CCC(=CC3=C(C(=O)O)N4C(=O)[C@@H](NC(=O)/C(=N\OC5CCCC5)c5csc(N)n5)[C@H]4CC3)C2=O)c1. The van der Waals surface area contributed by atoms with Gasteiger partial charge in [-0.2, -0.15) is 0 Å². The maximum absolute atomic E-state index is 13.3. The number of aromatic nitrogens is 2. The van der Waals surface area contributed by atoms with Crippen LogP contribution >= 0.6 is 11.3 Å². The van der Waals surface area contributed by atoms with Crippen LogP contribution in [0.25, 0.3) is 0 Å². The minimum atomic E-state index is -1.27. The van der Waals surface area contributed by atoms with Crippen LogP contribution in [-0.4, -0.2) is 69.1 Å². The Bertz CT molecular complexity index is 1590. The number of allylic oxidation sites excluding steroid dienone is 2. The molecule has 0 radical (unpaired) electrons. The number of hydrogen-bond acceptors (Lipinski definition) is 9. The number of nitrogens with one attached hydrogen (secondary N) is 1. The number of carboxylic acid groups (broad SMARTS) is 1. The van der Waals surface area contributed by atoms with Gasteiger partial charge >= 0.3 is 5.97 Å². The molecule has 0 bridgehead atoms. The third kappa shape index (κ3) is 5.49. The maximum atomic E-state index is 13.3. The highest BCUT2D eigenvalue weighted by Gasteiger charge is 2.53. The molecule has 0 unspecified atom stereocenters. The zero-order chi connectivity index (χ0) is 30.2. The van der Waals surface area contributed by atoms with Gasteiger partial charge in [0.15, 0.2) is 23.2 Å². The zero-order valence-electron chi connectivity index (χ0n) is 23.6. The normalized spacial score (nSPS) is 23.6. The van der Waals surface area contributed by atoms with Gasteiger partial charge in [-0.25, -0.2) is 14.3 Å². The summed E-state index contributed by atoms with van der Waals surface area (Å²) in [6.45, 7) is 0.475. The van der Waals surface area contributed by atoms with Crippen LogP contribution in [0, 0.1) is 0 Å². The Balaban J connectivity index is 1.20. The van der Waals surface area contributed by atoms with E-state index in [2.05, 4.69) is 15.5 Å². The Labute approximate surface area is 251 Å². The first kappa shape index (κ1) is 28.5. The molecule has 3 fully saturated rings. The smallest absolute Gasteiger partial charge is 0.352 e. The predicted molar refractivity (Wildman–Crippen MR) is 156 cm³/mol. The second-order valence-corrected chi connectivity index (χ2v) is 12.0. The third-order valence-electron chi connectivity index (χ3n) is 8.25. The van der Waals surface area contributed by atoms with E-state index in [1.807, 2.05) is 36.1 Å². The Kier molecular flexibility index (Phi) is 7.69. The van der Waals surface area contributed by atoms with Crippen LogP contribution in [-0.2, 0) is 31.1 Å². The molecule has 2 aromatic heterocycles. The molecule has 4 aliphatic rings. The molecule has 14 heteroatoms. The number of nitrogen functional groups attached to an aromatic ring is 1. The van der Waals surface area contributed by atoms with Crippen molar-refractivity contribution in [1.29, 1.82) is 0 Å². The fourth-order valence-electron chi connectivity index (χ4n) is 6.10. The summed E-state index contributed by atoms with van der Waals surface area (Å²) in [5, 5.41) is 18.8. The summed E-state index contributed by atoms with van der Waals surface area (Å²) in [5.41, 5.74) is 7.42. The van der Waals surface area contributed by atoms with Gasteiger partial charge in [0.05, 0.1) is 6.04 Å². The number of amides is 3. The van der Waals surface area contributed by atoms with Crippen molar-refractivity contribution in [2.24, 2.45) is 12.2 Å². The lowest BCUT2D eigenvalue weighted by Gasteiger charge is -2.50. The lowest BCUT2D eigenvalue weighted by atomic mass is 9.82. The van der Waals surface area contributed by atoms with Gasteiger partial charge in [0.25, 0.3) is 17.7 Å². The molecule has 13 nitrogen and oxygen atoms in total. The number of oxime groups is 1. The van der Waals surface area contributed by atoms with E-state index in [9.17, 15) is 24.3 Å². The van der Waals surface area contributed by atoms with Gasteiger partial charge in [0.2, 0.25) is 0 Å². The quantitative estimate of drug-likeness (QED) is 0.133. The van der Waals surface area contributed by atoms with Gasteiger partial charge < -0.3 is 25.9 Å². The summed E-state index contributed by atoms with van der Waals surface area (Å²) in [6.07, 6.45) is 10.2. The number of rotatable bonds is 8. The number of nitrogens with zero attached hydrogens (tertiary/aromatic N) is 5. The van der Waals surface area contributed by atoms with E-state index in [4.69, 9.17) is 10.6 Å². The minimum absolute atomic E-state index is 0.0855. The van der Waals surface area contributed by atoms with Crippen molar-refractivity contribution in [3.8, 4) is 0 Å². The molecule has 3 amide bonds. The van der Waals surface area contributed by atoms with Crippen molar-refractivity contribution in [3.63, 3.8) is 0 Å². The number of aliphatic carboxylic acids is 1. The number of anilines is 2. The molecule has 6 rings (SSSR count). The number of aryl methyl sites for hydroxylation is 1. The van der Waals surface area contributed by atoms with Crippen molar-refractivity contribution in [1.82, 2.24) is 15.2 Å². The largest absolute Gasteiger partial charge is 0.477 e. The van der Waals surface area contributed by atoms with E-state index < -0.39 is 29.9 Å². The molecule has 1 aliphatic carbocycles. The molecule has 2 aromatic rings. The van der Waals surface area contributed by atoms with Crippen molar-refractivity contribution in [2.75, 3.05) is 17.2 Å². The maximum Gasteiger partial charge on any atom is 0.352 e. The number of pyridine rings is 1. The first-order valence-corrected chi connectivity index (χ1v) is 15.1. The highest BCUT2D eigenvalue weighted by molar-refractivity contribution is 7.13. The molecular weight excluding hydrogens is 574 g/mol. The summed E-state index contributed by atoms with van der Waals surface area (Å²) < 4.78 is 1.85. The minimum Gasteiger partial charge on any atom is -0.477 e. The fraction of sp³-hybridized carbons (Fsp3) is 0.414. The number of carboxylic acids is 1. The predicted octanol–water partition coefficient (Wildman–Crippen LogP) is 1.40. The van der Waals surface area contributed by atoms with E-state index in [0.717, 1.165) is 42.7 Å². The van der Waals surface area contributed by atoms with E-state index in [-0.39, 0.29) is 34.2 Å². The van der Waals surface area contributed by atoms with E-state index in [1.165, 1.54) is 4.90 Å². The van der Waals surface area contributed by atoms with E-state index in [0.29, 0.717) is 37.0 Å². The lowest BCUT2D eigenvalue weighted by Crippen LogP contribution is -2.72. The van der Waals surface area contributed by atoms with Gasteiger partial charge in [0, 0.05) is 23.6 Å². The van der Waals surface area contributed by atoms with Crippen LogP contribution in [0.15, 0.2) is 58.0 Å². The van der Waals surface area contributed by atoms with Gasteiger partial charge in [-0.1, -0.05) is 5.16 Å². The summed E-state index contributed by atoms with van der Waals surface area (Å²) in [6, 6.07) is 2.21. The standard InChI is InChI=1S/C29H31N7O6S/c1-34-11-4-5-18(14-34)35-12-10-17(26(35)38)13-16-8-9-21-23(27(39)36(21)24(16)28(40)41)32-25(37)22(20-15-43-29(30)31-20)33-42-19-6-2-3-7-19/h4-5,11,13-15,19,21,23H,2-3,6-10,12H2,1H3,(H3-,30,31,32,37,40,41)/p+1/b17-13?,33-22-/t21-,23+/m1/s1. The van der Waals surface area contributed by atoms with Crippen LogP contribution in [0.3, 0.4) is 0 Å². The molecule has 3 aliphatic heterocycles. The molecular formula is C29H32N7O6S+. The van der Waals surface area contributed by atoms with Gasteiger partial charge in [0.1, 0.15) is 36.3 Å². The van der Waals surface area contributed by atoms with Gasteiger partial charge in [-0.05, 0) is 62.7 Å². The zero-order valence-corrected chi connectivity index (χ0v) is 24.4. The first-order chi connectivity index (χ1) is 20.7. The number of thiazole rings is 1. The highest BCUT2D eigenvalue weighted by atomic mass is 32.1. The molecule has 43 heavy (non-hydrogen) atoms. The van der Waals surface area contributed by atoms with Gasteiger partial charge in [-0.3, -0.25) is 19.3 Å². The van der Waals surface area contributed by atoms with Crippen LogP contribution in [0.4, 0.5) is 10.8 Å². The Hall–Kier alpha value is -4.59. The number of fused-ring (bicyclic) bond motifs is 1. The molecule has 1 saturated carbocycles. The number of nitrogens with two attached hydrogens (primary N) is 1. The molecule has 4 N–H and O–H groups in total. The lowest BCUT2D eigenvalue weighted by molar-refractivity contribution is -0.670. The first-order valence-electron chi connectivity index (χ1n) is 14.2. The summed E-state index contributed by atoms with van der Waals surface area (Å²) in [4.78, 5) is 64.9. The van der Waals surface area contributed by atoms with Crippen LogP contribution in [0.2, 0.25) is 0 Å². The topological polar surface area (TPSA) is 171 Å². The Morgan fingerprint density at radius 2 is 2.05 bits per heavy atom. The number of β-lactam (4-membered cyclic amide) rings is 1.